The van der Waals surface area contributed by atoms with Gasteiger partial charge in [-0.2, -0.15) is 0 Å². The minimum absolute atomic E-state index is 0.0714. The third kappa shape index (κ3) is 21.7. The Hall–Kier alpha value is -0.850. The largest absolute Gasteiger partial charge is 0.380 e. The van der Waals surface area contributed by atoms with E-state index in [1.807, 2.05) is 0 Å². The lowest BCUT2D eigenvalue weighted by molar-refractivity contribution is 0.0321. The van der Waals surface area contributed by atoms with E-state index in [4.69, 9.17) is 9.47 Å². The molecule has 6 heteroatoms. The van der Waals surface area contributed by atoms with Crippen molar-refractivity contribution in [1.82, 2.24) is 15.5 Å². The minimum atomic E-state index is -0.0714. The Morgan fingerprint density at radius 1 is 0.676 bits per heavy atom. The molecule has 34 heavy (non-hydrogen) atoms. The highest BCUT2D eigenvalue weighted by atomic mass is 16.5. The molecule has 202 valence electrons. The van der Waals surface area contributed by atoms with Crippen molar-refractivity contribution >= 4 is 6.03 Å². The summed E-state index contributed by atoms with van der Waals surface area (Å²) in [7, 11) is 0. The lowest BCUT2D eigenvalue weighted by atomic mass is 10.0. The van der Waals surface area contributed by atoms with Crippen LogP contribution in [0.3, 0.4) is 0 Å². The lowest BCUT2D eigenvalue weighted by Crippen LogP contribution is -2.38. The predicted octanol–water partition coefficient (Wildman–Crippen LogP) is 6.29. The van der Waals surface area contributed by atoms with Gasteiger partial charge in [0.15, 0.2) is 0 Å². The molecule has 0 bridgehead atoms. The van der Waals surface area contributed by atoms with Crippen molar-refractivity contribution in [2.75, 3.05) is 59.2 Å². The maximum Gasteiger partial charge on any atom is 0.314 e. The monoisotopic (exact) mass is 483 g/mol. The number of ether oxygens (including phenoxy) is 2. The van der Waals surface area contributed by atoms with Crippen LogP contribution in [0, 0.1) is 0 Å². The quantitative estimate of drug-likeness (QED) is 0.158. The summed E-state index contributed by atoms with van der Waals surface area (Å²) in [4.78, 5) is 14.2. The number of unbranched alkanes of at least 4 members (excludes halogenated alkanes) is 15. The Morgan fingerprint density at radius 2 is 1.18 bits per heavy atom. The molecule has 0 spiro atoms. The van der Waals surface area contributed by atoms with Crippen molar-refractivity contribution in [3.63, 3.8) is 0 Å². The molecule has 2 N–H and O–H groups in total. The van der Waals surface area contributed by atoms with Crippen molar-refractivity contribution in [3.8, 4) is 0 Å². The van der Waals surface area contributed by atoms with Crippen molar-refractivity contribution in [2.45, 2.75) is 116 Å². The van der Waals surface area contributed by atoms with Gasteiger partial charge in [-0.3, -0.25) is 4.90 Å². The normalized spacial score (nSPS) is 14.4. The van der Waals surface area contributed by atoms with Crippen LogP contribution in [0.5, 0.6) is 0 Å². The molecule has 0 aromatic heterocycles. The van der Waals surface area contributed by atoms with Crippen LogP contribution >= 0.6 is 0 Å². The zero-order chi connectivity index (χ0) is 24.4. The highest BCUT2D eigenvalue weighted by Gasteiger charge is 2.09. The molecule has 2 amide bonds. The lowest BCUT2D eigenvalue weighted by Gasteiger charge is -2.26. The number of nitrogens with one attached hydrogen (secondary N) is 2. The molecule has 1 heterocycles. The van der Waals surface area contributed by atoms with Crippen LogP contribution in [0.1, 0.15) is 116 Å². The first-order valence-electron chi connectivity index (χ1n) is 14.7. The summed E-state index contributed by atoms with van der Waals surface area (Å²) in [6, 6.07) is -0.0714. The third-order valence-corrected chi connectivity index (χ3v) is 6.71. The van der Waals surface area contributed by atoms with Gasteiger partial charge in [-0.25, -0.2) is 4.79 Å². The van der Waals surface area contributed by atoms with E-state index in [0.717, 1.165) is 58.8 Å². The number of morpholine rings is 1. The van der Waals surface area contributed by atoms with Gasteiger partial charge in [-0.15, -0.1) is 0 Å². The summed E-state index contributed by atoms with van der Waals surface area (Å²) >= 11 is 0. The van der Waals surface area contributed by atoms with Crippen LogP contribution in [0.2, 0.25) is 0 Å². The van der Waals surface area contributed by atoms with E-state index in [-0.39, 0.29) is 6.03 Å². The van der Waals surface area contributed by atoms with E-state index >= 15 is 0 Å². The molecule has 1 rings (SSSR count). The van der Waals surface area contributed by atoms with E-state index in [1.165, 1.54) is 96.3 Å². The molecule has 1 fully saturated rings. The smallest absolute Gasteiger partial charge is 0.314 e. The summed E-state index contributed by atoms with van der Waals surface area (Å²) in [5.41, 5.74) is 0. The molecule has 1 saturated heterocycles. The fourth-order valence-corrected chi connectivity index (χ4v) is 4.49. The van der Waals surface area contributed by atoms with Crippen LogP contribution in [0.25, 0.3) is 0 Å². The molecule has 6 nitrogen and oxygen atoms in total. The third-order valence-electron chi connectivity index (χ3n) is 6.71. The number of urea groups is 1. The number of nitrogens with zero attached hydrogens (tertiary/aromatic N) is 1. The standard InChI is InChI=1S/C28H57N3O3/c1-2-3-4-5-6-7-8-9-10-11-12-13-14-15-16-17-19-29-28(32)30-20-25-33-24-18-21-31-22-26-34-27-23-31/h2-27H2,1H3,(H2,29,30,32). The summed E-state index contributed by atoms with van der Waals surface area (Å²) in [5, 5.41) is 5.83. The average molecular weight is 484 g/mol. The van der Waals surface area contributed by atoms with Gasteiger partial charge in [-0.05, 0) is 12.8 Å². The van der Waals surface area contributed by atoms with Crippen LogP contribution in [-0.4, -0.2) is 70.1 Å². The van der Waals surface area contributed by atoms with Crippen LogP contribution in [0.4, 0.5) is 4.79 Å². The van der Waals surface area contributed by atoms with Gasteiger partial charge in [-0.1, -0.05) is 103 Å². The molecular weight excluding hydrogens is 426 g/mol. The molecule has 1 aliphatic rings. The van der Waals surface area contributed by atoms with Crippen molar-refractivity contribution in [1.29, 1.82) is 0 Å². The van der Waals surface area contributed by atoms with Gasteiger partial charge >= 0.3 is 6.03 Å². The maximum atomic E-state index is 11.8. The molecule has 0 aliphatic carbocycles. The second-order valence-corrected chi connectivity index (χ2v) is 9.91. The van der Waals surface area contributed by atoms with Crippen molar-refractivity contribution < 1.29 is 14.3 Å². The minimum Gasteiger partial charge on any atom is -0.380 e. The van der Waals surface area contributed by atoms with Gasteiger partial charge in [0.25, 0.3) is 0 Å². The molecule has 0 radical (unpaired) electrons. The van der Waals surface area contributed by atoms with E-state index in [0.29, 0.717) is 13.2 Å². The number of hydrogen-bond acceptors (Lipinski definition) is 4. The van der Waals surface area contributed by atoms with E-state index < -0.39 is 0 Å². The molecule has 0 atom stereocenters. The van der Waals surface area contributed by atoms with Crippen LogP contribution < -0.4 is 10.6 Å². The Labute approximate surface area is 211 Å². The summed E-state index contributed by atoms with van der Waals surface area (Å²) in [5.74, 6) is 0. The Bertz CT molecular complexity index is 431. The summed E-state index contributed by atoms with van der Waals surface area (Å²) < 4.78 is 11.0. The topological polar surface area (TPSA) is 62.8 Å². The predicted molar refractivity (Wildman–Crippen MR) is 144 cm³/mol. The SMILES string of the molecule is CCCCCCCCCCCCCCCCCCNC(=O)NCCOCCCN1CCOCC1. The second-order valence-electron chi connectivity index (χ2n) is 9.91. The van der Waals surface area contributed by atoms with Gasteiger partial charge in [0.2, 0.25) is 0 Å². The fourth-order valence-electron chi connectivity index (χ4n) is 4.49. The van der Waals surface area contributed by atoms with Gasteiger partial charge in [0, 0.05) is 39.3 Å². The van der Waals surface area contributed by atoms with Crippen LogP contribution in [0.15, 0.2) is 0 Å². The highest BCUT2D eigenvalue weighted by molar-refractivity contribution is 5.73. The second kappa shape index (κ2) is 25.2. The first kappa shape index (κ1) is 31.2. The van der Waals surface area contributed by atoms with E-state index in [9.17, 15) is 4.79 Å². The molecular formula is C28H57N3O3. The van der Waals surface area contributed by atoms with Gasteiger partial charge < -0.3 is 20.1 Å². The van der Waals surface area contributed by atoms with Crippen LogP contribution in [-0.2, 0) is 9.47 Å². The van der Waals surface area contributed by atoms with Crippen molar-refractivity contribution in [3.05, 3.63) is 0 Å². The first-order chi connectivity index (χ1) is 16.8. The molecule has 1 aliphatic heterocycles. The molecule has 0 aromatic rings. The summed E-state index contributed by atoms with van der Waals surface area (Å²) in [6.45, 7) is 9.77. The molecule has 0 aromatic carbocycles. The fraction of sp³-hybridized carbons (Fsp3) is 0.964. The Morgan fingerprint density at radius 3 is 1.74 bits per heavy atom. The number of carbonyl (C=O) groups excluding carboxylic acids is 1. The molecule has 0 unspecified atom stereocenters. The van der Waals surface area contributed by atoms with E-state index in [2.05, 4.69) is 22.5 Å². The Balaban J connectivity index is 1.69. The zero-order valence-corrected chi connectivity index (χ0v) is 22.6. The average Bonchev–Trinajstić information content (AvgIpc) is 2.86. The zero-order valence-electron chi connectivity index (χ0n) is 22.6. The number of carbonyl (C=O) groups is 1. The highest BCUT2D eigenvalue weighted by Crippen LogP contribution is 2.13. The summed E-state index contributed by atoms with van der Waals surface area (Å²) in [6.07, 6.45) is 23.0. The number of amides is 2. The van der Waals surface area contributed by atoms with Gasteiger partial charge in [0.1, 0.15) is 0 Å². The Kier molecular flexibility index (Phi) is 23.2. The van der Waals surface area contributed by atoms with Gasteiger partial charge in [0.05, 0.1) is 19.8 Å². The van der Waals surface area contributed by atoms with E-state index in [1.54, 1.807) is 0 Å². The van der Waals surface area contributed by atoms with Crippen molar-refractivity contribution in [2.24, 2.45) is 0 Å². The first-order valence-corrected chi connectivity index (χ1v) is 14.7. The molecule has 0 saturated carbocycles. The number of hydrogen-bond donors (Lipinski definition) is 2. The maximum absolute atomic E-state index is 11.8. The number of rotatable bonds is 24.